The third kappa shape index (κ3) is 4.88. The monoisotopic (exact) mass is 445 g/mol. The van der Waals surface area contributed by atoms with E-state index in [0.29, 0.717) is 36.6 Å². The van der Waals surface area contributed by atoms with Crippen molar-refractivity contribution in [1.82, 2.24) is 9.62 Å². The summed E-state index contributed by atoms with van der Waals surface area (Å²) < 4.78 is 31.7. The van der Waals surface area contributed by atoms with Crippen molar-refractivity contribution in [2.45, 2.75) is 31.2 Å². The quantitative estimate of drug-likeness (QED) is 0.672. The van der Waals surface area contributed by atoms with Crippen molar-refractivity contribution in [2.24, 2.45) is 0 Å². The Balaban J connectivity index is 1.67. The highest BCUT2D eigenvalue weighted by Gasteiger charge is 2.32. The third-order valence-corrected chi connectivity index (χ3v) is 7.35. The highest BCUT2D eigenvalue weighted by Crippen LogP contribution is 2.25. The van der Waals surface area contributed by atoms with Gasteiger partial charge in [-0.3, -0.25) is 9.59 Å². The molecule has 0 aromatic heterocycles. The number of hydrogen-bond acceptors (Lipinski definition) is 5. The van der Waals surface area contributed by atoms with Crippen LogP contribution in [0, 0.1) is 0 Å². The Morgan fingerprint density at radius 2 is 1.84 bits per heavy atom. The number of nitrogens with zero attached hydrogens (tertiary/aromatic N) is 2. The fourth-order valence-electron chi connectivity index (χ4n) is 3.59. The van der Waals surface area contributed by atoms with Gasteiger partial charge in [0.05, 0.1) is 18.0 Å². The number of benzene rings is 2. The summed E-state index contributed by atoms with van der Waals surface area (Å²) in [5.74, 6) is 0.217. The number of ether oxygens (including phenoxy) is 1. The fraction of sp³-hybridized carbons (Fsp3) is 0.364. The first-order chi connectivity index (χ1) is 14.8. The van der Waals surface area contributed by atoms with Crippen molar-refractivity contribution >= 4 is 27.5 Å². The van der Waals surface area contributed by atoms with E-state index in [4.69, 9.17) is 4.74 Å². The van der Waals surface area contributed by atoms with Crippen LogP contribution in [0.5, 0.6) is 5.75 Å². The number of methoxy groups -OCH3 is 1. The molecule has 3 rings (SSSR count). The molecule has 31 heavy (non-hydrogen) atoms. The topological polar surface area (TPSA) is 96.0 Å². The Morgan fingerprint density at radius 1 is 1.16 bits per heavy atom. The van der Waals surface area contributed by atoms with Crippen LogP contribution in [-0.2, 0) is 14.8 Å². The van der Waals surface area contributed by atoms with Crippen molar-refractivity contribution in [3.8, 4) is 5.75 Å². The SMILES string of the molecule is CCN(CC)S(=O)(=O)c1ccc(C(=O)NC2CC(=O)N(c3cccc(OC)c3)C2)cc1. The van der Waals surface area contributed by atoms with Gasteiger partial charge in [-0.05, 0) is 36.4 Å². The number of amides is 2. The van der Waals surface area contributed by atoms with E-state index < -0.39 is 10.0 Å². The Labute approximate surface area is 182 Å². The zero-order valence-electron chi connectivity index (χ0n) is 17.9. The Bertz CT molecular complexity index is 1050. The van der Waals surface area contributed by atoms with Gasteiger partial charge in [0.2, 0.25) is 15.9 Å². The summed E-state index contributed by atoms with van der Waals surface area (Å²) in [6.07, 6.45) is 0.192. The van der Waals surface area contributed by atoms with E-state index in [0.717, 1.165) is 0 Å². The van der Waals surface area contributed by atoms with Gasteiger partial charge in [-0.2, -0.15) is 4.31 Å². The van der Waals surface area contributed by atoms with Crippen LogP contribution in [0.25, 0.3) is 0 Å². The van der Waals surface area contributed by atoms with Crippen molar-refractivity contribution in [3.05, 3.63) is 54.1 Å². The number of carbonyl (C=O) groups is 2. The van der Waals surface area contributed by atoms with Gasteiger partial charge in [0, 0.05) is 43.4 Å². The van der Waals surface area contributed by atoms with Crippen LogP contribution < -0.4 is 15.0 Å². The first kappa shape index (κ1) is 22.8. The van der Waals surface area contributed by atoms with Crippen molar-refractivity contribution < 1.29 is 22.7 Å². The molecule has 0 radical (unpaired) electrons. The zero-order chi connectivity index (χ0) is 22.6. The standard InChI is InChI=1S/C22H27N3O5S/c1-4-24(5-2)31(28,29)20-11-9-16(10-12-20)22(27)23-17-13-21(26)25(15-17)18-7-6-8-19(14-18)30-3/h6-12,14,17H,4-5,13,15H2,1-3H3,(H,23,27). The minimum Gasteiger partial charge on any atom is -0.497 e. The third-order valence-electron chi connectivity index (χ3n) is 5.28. The van der Waals surface area contributed by atoms with E-state index in [1.54, 1.807) is 44.1 Å². The maximum absolute atomic E-state index is 12.6. The van der Waals surface area contributed by atoms with E-state index in [1.807, 2.05) is 6.07 Å². The molecule has 2 amide bonds. The zero-order valence-corrected chi connectivity index (χ0v) is 18.7. The summed E-state index contributed by atoms with van der Waals surface area (Å²) in [6, 6.07) is 12.7. The molecule has 2 aromatic carbocycles. The van der Waals surface area contributed by atoms with Gasteiger partial charge in [0.1, 0.15) is 5.75 Å². The highest BCUT2D eigenvalue weighted by molar-refractivity contribution is 7.89. The predicted molar refractivity (Wildman–Crippen MR) is 118 cm³/mol. The molecular formula is C22H27N3O5S. The van der Waals surface area contributed by atoms with Gasteiger partial charge in [-0.1, -0.05) is 19.9 Å². The first-order valence-corrected chi connectivity index (χ1v) is 11.6. The lowest BCUT2D eigenvalue weighted by Crippen LogP contribution is -2.37. The van der Waals surface area contributed by atoms with Crippen molar-refractivity contribution in [1.29, 1.82) is 0 Å². The predicted octanol–water partition coefficient (Wildman–Crippen LogP) is 2.26. The van der Waals surface area contributed by atoms with Crippen LogP contribution >= 0.6 is 0 Å². The second kappa shape index (κ2) is 9.49. The molecule has 1 aliphatic rings. The van der Waals surface area contributed by atoms with Crippen LogP contribution in [-0.4, -0.2) is 57.3 Å². The number of hydrogen-bond donors (Lipinski definition) is 1. The summed E-state index contributed by atoms with van der Waals surface area (Å²) in [5.41, 5.74) is 1.05. The summed E-state index contributed by atoms with van der Waals surface area (Å²) in [6.45, 7) is 4.66. The van der Waals surface area contributed by atoms with Crippen LogP contribution in [0.2, 0.25) is 0 Å². The Hall–Kier alpha value is -2.91. The number of anilines is 1. The van der Waals surface area contributed by atoms with Crippen LogP contribution in [0.3, 0.4) is 0 Å². The molecule has 0 saturated carbocycles. The molecule has 1 atom stereocenters. The van der Waals surface area contributed by atoms with E-state index >= 15 is 0 Å². The van der Waals surface area contributed by atoms with Gasteiger partial charge in [-0.25, -0.2) is 8.42 Å². The lowest BCUT2D eigenvalue weighted by atomic mass is 10.2. The molecule has 2 aromatic rings. The average molecular weight is 446 g/mol. The largest absolute Gasteiger partial charge is 0.497 e. The molecule has 0 spiro atoms. The van der Waals surface area contributed by atoms with Crippen LogP contribution in [0.4, 0.5) is 5.69 Å². The average Bonchev–Trinajstić information content (AvgIpc) is 3.14. The summed E-state index contributed by atoms with van der Waals surface area (Å²) in [7, 11) is -2.01. The molecule has 1 heterocycles. The minimum atomic E-state index is -3.58. The molecule has 1 fully saturated rings. The van der Waals surface area contributed by atoms with Gasteiger partial charge in [-0.15, -0.1) is 0 Å². The second-order valence-corrected chi connectivity index (χ2v) is 9.13. The molecule has 0 bridgehead atoms. The summed E-state index contributed by atoms with van der Waals surface area (Å²) >= 11 is 0. The molecular weight excluding hydrogens is 418 g/mol. The minimum absolute atomic E-state index is 0.0841. The van der Waals surface area contributed by atoms with Crippen molar-refractivity contribution in [3.63, 3.8) is 0 Å². The van der Waals surface area contributed by atoms with Gasteiger partial charge in [0.25, 0.3) is 5.91 Å². The van der Waals surface area contributed by atoms with Crippen molar-refractivity contribution in [2.75, 3.05) is 31.6 Å². The maximum atomic E-state index is 12.6. The molecule has 1 N–H and O–H groups in total. The van der Waals surface area contributed by atoms with Gasteiger partial charge >= 0.3 is 0 Å². The molecule has 1 unspecified atom stereocenters. The van der Waals surface area contributed by atoms with Gasteiger partial charge in [0.15, 0.2) is 0 Å². The van der Waals surface area contributed by atoms with Crippen LogP contribution in [0.1, 0.15) is 30.6 Å². The number of carbonyl (C=O) groups excluding carboxylic acids is 2. The van der Waals surface area contributed by atoms with E-state index in [2.05, 4.69) is 5.32 Å². The van der Waals surface area contributed by atoms with E-state index in [1.165, 1.54) is 28.6 Å². The van der Waals surface area contributed by atoms with E-state index in [-0.39, 0.29) is 29.2 Å². The lowest BCUT2D eigenvalue weighted by Gasteiger charge is -2.19. The molecule has 1 aliphatic heterocycles. The second-order valence-electron chi connectivity index (χ2n) is 7.19. The Kier molecular flexibility index (Phi) is 6.97. The summed E-state index contributed by atoms with van der Waals surface area (Å²) in [4.78, 5) is 26.8. The number of rotatable bonds is 8. The lowest BCUT2D eigenvalue weighted by molar-refractivity contribution is -0.117. The van der Waals surface area contributed by atoms with Gasteiger partial charge < -0.3 is 15.0 Å². The Morgan fingerprint density at radius 3 is 2.45 bits per heavy atom. The number of nitrogens with one attached hydrogen (secondary N) is 1. The van der Waals surface area contributed by atoms with E-state index in [9.17, 15) is 18.0 Å². The molecule has 0 aliphatic carbocycles. The van der Waals surface area contributed by atoms with Crippen LogP contribution in [0.15, 0.2) is 53.4 Å². The number of sulfonamides is 1. The normalized spacial score (nSPS) is 16.6. The fourth-order valence-corrected chi connectivity index (χ4v) is 5.05. The molecule has 8 nitrogen and oxygen atoms in total. The molecule has 9 heteroatoms. The molecule has 166 valence electrons. The first-order valence-electron chi connectivity index (χ1n) is 10.2. The molecule has 1 saturated heterocycles. The smallest absolute Gasteiger partial charge is 0.251 e. The maximum Gasteiger partial charge on any atom is 0.251 e. The highest BCUT2D eigenvalue weighted by atomic mass is 32.2. The summed E-state index contributed by atoms with van der Waals surface area (Å²) in [5, 5.41) is 2.86.